The second-order valence-electron chi connectivity index (χ2n) is 7.43. The van der Waals surface area contributed by atoms with Gasteiger partial charge in [0.25, 0.3) is 0 Å². The summed E-state index contributed by atoms with van der Waals surface area (Å²) >= 11 is 0. The number of nitrogens with zero attached hydrogens (tertiary/aromatic N) is 3. The summed E-state index contributed by atoms with van der Waals surface area (Å²) in [4.78, 5) is 17.7. The first-order chi connectivity index (χ1) is 15.7. The van der Waals surface area contributed by atoms with Crippen LogP contribution in [0.25, 0.3) is 0 Å². The molecule has 1 fully saturated rings. The predicted molar refractivity (Wildman–Crippen MR) is 136 cm³/mol. The van der Waals surface area contributed by atoms with Crippen LogP contribution in [0.3, 0.4) is 0 Å². The van der Waals surface area contributed by atoms with Crippen molar-refractivity contribution in [2.75, 3.05) is 13.6 Å². The van der Waals surface area contributed by atoms with Crippen LogP contribution in [-0.4, -0.2) is 38.4 Å². The Morgan fingerprint density at radius 3 is 2.15 bits per heavy atom. The standard InChI is InChI=1S/C25H25N5.C2H6.CH3.Y/c1-3-4-7-24-26-17-21(28-24)14-12-19-8-10-20(11-9-19)13-15-22-18-27-25(29-22)23-6-5-16-30(23)2;1-2;;/h7-11,17-18,23H,1,3-6,16H2,2H3,(H,26,28)(H,27,29);1-2H3;1H3;/q-2;;-1;+3. The van der Waals surface area contributed by atoms with Gasteiger partial charge >= 0.3 is 32.7 Å². The van der Waals surface area contributed by atoms with Crippen molar-refractivity contribution in [3.05, 3.63) is 91.6 Å². The van der Waals surface area contributed by atoms with Crippen molar-refractivity contribution in [3.8, 4) is 23.7 Å². The first-order valence-corrected chi connectivity index (χ1v) is 11.3. The molecule has 34 heavy (non-hydrogen) atoms. The fourth-order valence-electron chi connectivity index (χ4n) is 3.48. The number of H-pyrrole nitrogens is 2. The van der Waals surface area contributed by atoms with E-state index in [1.807, 2.05) is 50.7 Å². The van der Waals surface area contributed by atoms with E-state index in [1.165, 1.54) is 6.42 Å². The summed E-state index contributed by atoms with van der Waals surface area (Å²) in [6.07, 6.45) is 9.73. The van der Waals surface area contributed by atoms with Gasteiger partial charge in [-0.3, -0.25) is 9.88 Å². The number of rotatable bonds is 4. The predicted octanol–water partition coefficient (Wildman–Crippen LogP) is 5.34. The van der Waals surface area contributed by atoms with Crippen molar-refractivity contribution in [1.82, 2.24) is 24.8 Å². The van der Waals surface area contributed by atoms with Crippen molar-refractivity contribution < 1.29 is 32.7 Å². The molecule has 2 N–H and O–H groups in total. The average molecular weight is 530 g/mol. The van der Waals surface area contributed by atoms with Crippen molar-refractivity contribution in [2.24, 2.45) is 0 Å². The van der Waals surface area contributed by atoms with Gasteiger partial charge in [0.15, 0.2) is 0 Å². The maximum atomic E-state index is 4.51. The van der Waals surface area contributed by atoms with Crippen LogP contribution < -0.4 is 0 Å². The molecule has 1 aliphatic rings. The SMILES string of the molecule is CC.[CH2-]CC[CH-]c1ncc(C#Cc2ccc(C#Cc3cnc(C4CCCN4C)[nH]3)cc2)[nH]1.[CH3-].[Y+3]. The van der Waals surface area contributed by atoms with Gasteiger partial charge in [-0.15, -0.1) is 0 Å². The number of aromatic nitrogens is 4. The molecule has 2 aromatic heterocycles. The quantitative estimate of drug-likeness (QED) is 0.355. The molecule has 0 bridgehead atoms. The van der Waals surface area contributed by atoms with Crippen LogP contribution in [0.4, 0.5) is 0 Å². The maximum absolute atomic E-state index is 4.51. The van der Waals surface area contributed by atoms with E-state index in [0.29, 0.717) is 6.04 Å². The molecule has 0 amide bonds. The van der Waals surface area contributed by atoms with Gasteiger partial charge in [-0.05, 0) is 68.4 Å². The Morgan fingerprint density at radius 1 is 1.00 bits per heavy atom. The number of likely N-dealkylation sites (tertiary alicyclic amines) is 1. The number of benzene rings is 1. The molecule has 1 aliphatic heterocycles. The van der Waals surface area contributed by atoms with Crippen LogP contribution in [-0.2, 0) is 32.7 Å². The zero-order valence-electron chi connectivity index (χ0n) is 20.8. The topological polar surface area (TPSA) is 60.6 Å². The summed E-state index contributed by atoms with van der Waals surface area (Å²) < 4.78 is 0. The monoisotopic (exact) mass is 529 g/mol. The molecular weight excluding hydrogens is 495 g/mol. The molecule has 1 aromatic carbocycles. The van der Waals surface area contributed by atoms with Crippen LogP contribution in [0.2, 0.25) is 0 Å². The minimum atomic E-state index is 0. The van der Waals surface area contributed by atoms with Crippen LogP contribution in [0.15, 0.2) is 36.7 Å². The molecular formula is C28H34N5Y. The molecule has 0 radical (unpaired) electrons. The summed E-state index contributed by atoms with van der Waals surface area (Å²) in [6, 6.07) is 8.31. The number of hydrogen-bond acceptors (Lipinski definition) is 3. The molecule has 5 nitrogen and oxygen atoms in total. The Morgan fingerprint density at radius 2 is 1.59 bits per heavy atom. The third-order valence-electron chi connectivity index (χ3n) is 5.14. The normalized spacial score (nSPS) is 14.2. The molecule has 3 aromatic rings. The number of hydrogen-bond donors (Lipinski definition) is 2. The molecule has 174 valence electrons. The molecule has 0 saturated carbocycles. The Hall–Kier alpha value is -2.31. The van der Waals surface area contributed by atoms with E-state index in [9.17, 15) is 0 Å². The van der Waals surface area contributed by atoms with E-state index in [-0.39, 0.29) is 40.1 Å². The van der Waals surface area contributed by atoms with Crippen molar-refractivity contribution in [3.63, 3.8) is 0 Å². The Balaban J connectivity index is 0.00000141. The zero-order chi connectivity index (χ0) is 22.8. The number of unbranched alkanes of at least 4 members (excludes halogenated alkanes) is 1. The van der Waals surface area contributed by atoms with Gasteiger partial charge in [-0.25, -0.2) is 11.4 Å². The molecule has 6 heteroatoms. The smallest absolute Gasteiger partial charge is 0.362 e. The van der Waals surface area contributed by atoms with E-state index in [1.54, 1.807) is 6.20 Å². The van der Waals surface area contributed by atoms with Gasteiger partial charge in [-0.1, -0.05) is 25.7 Å². The maximum Gasteiger partial charge on any atom is 3.00 e. The van der Waals surface area contributed by atoms with E-state index >= 15 is 0 Å². The summed E-state index contributed by atoms with van der Waals surface area (Å²) in [7, 11) is 2.14. The molecule has 0 spiro atoms. The Bertz CT molecular complexity index is 1110. The fraction of sp³-hybridized carbons (Fsp3) is 0.321. The number of nitrogens with one attached hydrogen (secondary N) is 2. The molecule has 1 atom stereocenters. The zero-order valence-corrected chi connectivity index (χ0v) is 23.6. The van der Waals surface area contributed by atoms with Gasteiger partial charge in [0.2, 0.25) is 0 Å². The largest absolute Gasteiger partial charge is 3.00 e. The van der Waals surface area contributed by atoms with E-state index < -0.39 is 0 Å². The number of imidazole rings is 2. The van der Waals surface area contributed by atoms with Crippen molar-refractivity contribution in [1.29, 1.82) is 0 Å². The first-order valence-electron chi connectivity index (χ1n) is 11.3. The second-order valence-corrected chi connectivity index (χ2v) is 7.43. The molecule has 4 rings (SSSR count). The minimum Gasteiger partial charge on any atom is -0.362 e. The summed E-state index contributed by atoms with van der Waals surface area (Å²) in [5.74, 6) is 14.5. The third kappa shape index (κ3) is 8.48. The second kappa shape index (κ2) is 15.6. The molecule has 1 saturated heterocycles. The van der Waals surface area contributed by atoms with Gasteiger partial charge in [0.1, 0.15) is 17.2 Å². The van der Waals surface area contributed by atoms with Crippen LogP contribution in [0.1, 0.15) is 79.7 Å². The Labute approximate surface area is 230 Å². The Kier molecular flexibility index (Phi) is 13.6. The molecule has 1 unspecified atom stereocenters. The first kappa shape index (κ1) is 29.7. The van der Waals surface area contributed by atoms with Crippen LogP contribution in [0.5, 0.6) is 0 Å². The third-order valence-corrected chi connectivity index (χ3v) is 5.14. The van der Waals surface area contributed by atoms with Gasteiger partial charge in [0, 0.05) is 11.1 Å². The van der Waals surface area contributed by atoms with E-state index in [2.05, 4.69) is 62.5 Å². The van der Waals surface area contributed by atoms with Crippen molar-refractivity contribution >= 4 is 0 Å². The van der Waals surface area contributed by atoms with Gasteiger partial charge in [-0.2, -0.15) is 6.42 Å². The summed E-state index contributed by atoms with van der Waals surface area (Å²) in [5.41, 5.74) is 3.53. The number of aromatic amines is 2. The van der Waals surface area contributed by atoms with E-state index in [4.69, 9.17) is 0 Å². The molecule has 0 aliphatic carbocycles. The average Bonchev–Trinajstić information content (AvgIpc) is 3.58. The minimum absolute atomic E-state index is 0. The van der Waals surface area contributed by atoms with Gasteiger partial charge in [0.05, 0.1) is 18.4 Å². The fourth-order valence-corrected chi connectivity index (χ4v) is 3.48. The van der Waals surface area contributed by atoms with Crippen LogP contribution >= 0.6 is 0 Å². The van der Waals surface area contributed by atoms with Gasteiger partial charge < -0.3 is 30.7 Å². The van der Waals surface area contributed by atoms with E-state index in [0.717, 1.165) is 60.0 Å². The summed E-state index contributed by atoms with van der Waals surface area (Å²) in [5, 5.41) is 0. The van der Waals surface area contributed by atoms with Crippen molar-refractivity contribution in [2.45, 2.75) is 45.6 Å². The summed E-state index contributed by atoms with van der Waals surface area (Å²) in [6.45, 7) is 8.95. The van der Waals surface area contributed by atoms with Crippen LogP contribution in [0, 0.1) is 44.5 Å². The molecule has 3 heterocycles.